The Morgan fingerprint density at radius 3 is 2.23 bits per heavy atom. The second-order valence-electron chi connectivity index (χ2n) is 5.34. The molecule has 0 bridgehead atoms. The fourth-order valence-corrected chi connectivity index (χ4v) is 2.17. The number of rotatable bonds is 7. The van der Waals surface area contributed by atoms with Gasteiger partial charge in [-0.25, -0.2) is 9.59 Å². The van der Waals surface area contributed by atoms with Gasteiger partial charge in [-0.1, -0.05) is 6.07 Å². The maximum absolute atomic E-state index is 9.10. The van der Waals surface area contributed by atoms with E-state index in [4.69, 9.17) is 29.3 Å². The lowest BCUT2D eigenvalue weighted by Crippen LogP contribution is -2.18. The zero-order valence-electron chi connectivity index (χ0n) is 15.1. The molecule has 0 atom stereocenters. The van der Waals surface area contributed by atoms with Gasteiger partial charge in [0, 0.05) is 25.5 Å². The summed E-state index contributed by atoms with van der Waals surface area (Å²) in [5, 5.41) is 18.2. The van der Waals surface area contributed by atoms with E-state index in [1.807, 2.05) is 12.1 Å². The molecule has 142 valence electrons. The van der Waals surface area contributed by atoms with Crippen LogP contribution in [-0.4, -0.2) is 47.5 Å². The number of ether oxygens (including phenoxy) is 2. The number of nitrogens with one attached hydrogen (secondary N) is 1. The van der Waals surface area contributed by atoms with Crippen LogP contribution in [0.3, 0.4) is 0 Å². The number of hydrogen-bond acceptors (Lipinski definition) is 5. The molecule has 0 fully saturated rings. The van der Waals surface area contributed by atoms with Crippen LogP contribution < -0.4 is 14.8 Å². The molecule has 0 aliphatic heterocycles. The van der Waals surface area contributed by atoms with Gasteiger partial charge in [0.25, 0.3) is 0 Å². The lowest BCUT2D eigenvalue weighted by molar-refractivity contribution is -0.159. The molecular weight excluding hydrogens is 340 g/mol. The van der Waals surface area contributed by atoms with E-state index >= 15 is 0 Å². The van der Waals surface area contributed by atoms with Gasteiger partial charge in [0.2, 0.25) is 0 Å². The number of methoxy groups -OCH3 is 2. The Balaban J connectivity index is 0.000000487. The maximum atomic E-state index is 9.10. The monoisotopic (exact) mass is 364 g/mol. The van der Waals surface area contributed by atoms with Gasteiger partial charge in [-0.15, -0.1) is 0 Å². The quantitative estimate of drug-likeness (QED) is 0.505. The molecule has 0 radical (unpaired) electrons. The smallest absolute Gasteiger partial charge is 0.414 e. The van der Waals surface area contributed by atoms with E-state index in [-0.39, 0.29) is 0 Å². The molecule has 0 unspecified atom stereocenters. The van der Waals surface area contributed by atoms with Crippen molar-refractivity contribution < 1.29 is 29.3 Å². The van der Waals surface area contributed by atoms with Gasteiger partial charge in [0.05, 0.1) is 14.2 Å². The fourth-order valence-electron chi connectivity index (χ4n) is 2.17. The van der Waals surface area contributed by atoms with Gasteiger partial charge < -0.3 is 29.6 Å². The molecule has 2 rings (SSSR count). The van der Waals surface area contributed by atoms with Crippen LogP contribution in [0.1, 0.15) is 11.3 Å². The third-order valence-electron chi connectivity index (χ3n) is 3.58. The number of hydrogen-bond donors (Lipinski definition) is 3. The van der Waals surface area contributed by atoms with E-state index in [1.165, 1.54) is 11.3 Å². The zero-order valence-corrected chi connectivity index (χ0v) is 15.1. The predicted molar refractivity (Wildman–Crippen MR) is 95.6 cm³/mol. The van der Waals surface area contributed by atoms with E-state index in [1.54, 1.807) is 14.2 Å². The highest BCUT2D eigenvalue weighted by Gasteiger charge is 2.05. The molecule has 0 aliphatic rings. The van der Waals surface area contributed by atoms with E-state index in [9.17, 15) is 0 Å². The molecular formula is C18H24N2O6. The Bertz CT molecular complexity index is 714. The standard InChI is InChI=1S/C16H22N2O2.C2H2O4/c1-18-10-4-5-14(18)12-17-9-8-13-6-7-15(19-2)16(11-13)20-3;3-1(4)2(5)6/h4-7,10-11,17H,8-9,12H2,1-3H3;(H,3,4)(H,5,6). The maximum Gasteiger partial charge on any atom is 0.414 e. The van der Waals surface area contributed by atoms with Crippen LogP contribution in [0, 0.1) is 0 Å². The molecule has 1 heterocycles. The second-order valence-corrected chi connectivity index (χ2v) is 5.34. The molecule has 1 aromatic carbocycles. The number of aliphatic carboxylic acids is 2. The number of carbonyl (C=O) groups is 2. The number of nitrogens with zero attached hydrogens (tertiary/aromatic N) is 1. The van der Waals surface area contributed by atoms with Gasteiger partial charge in [-0.2, -0.15) is 0 Å². The van der Waals surface area contributed by atoms with Crippen LogP contribution in [0.15, 0.2) is 36.5 Å². The lowest BCUT2D eigenvalue weighted by Gasteiger charge is -2.10. The number of aromatic nitrogens is 1. The minimum absolute atomic E-state index is 0.771. The summed E-state index contributed by atoms with van der Waals surface area (Å²) in [7, 11) is 5.37. The molecule has 2 aromatic rings. The minimum atomic E-state index is -1.82. The summed E-state index contributed by atoms with van der Waals surface area (Å²) in [6, 6.07) is 10.2. The topological polar surface area (TPSA) is 110 Å². The summed E-state index contributed by atoms with van der Waals surface area (Å²) in [6.07, 6.45) is 3.02. The van der Waals surface area contributed by atoms with Crippen LogP contribution in [0.4, 0.5) is 0 Å². The molecule has 3 N–H and O–H groups in total. The predicted octanol–water partition coefficient (Wildman–Crippen LogP) is 1.53. The van der Waals surface area contributed by atoms with Gasteiger partial charge >= 0.3 is 11.9 Å². The van der Waals surface area contributed by atoms with Crippen LogP contribution in [0.2, 0.25) is 0 Å². The fraction of sp³-hybridized carbons (Fsp3) is 0.333. The van der Waals surface area contributed by atoms with E-state index < -0.39 is 11.9 Å². The van der Waals surface area contributed by atoms with Crippen LogP contribution in [-0.2, 0) is 29.6 Å². The molecule has 1 aromatic heterocycles. The highest BCUT2D eigenvalue weighted by Crippen LogP contribution is 2.27. The molecule has 8 heteroatoms. The Kier molecular flexibility index (Phi) is 8.72. The number of carboxylic acids is 2. The summed E-state index contributed by atoms with van der Waals surface area (Å²) < 4.78 is 12.7. The average Bonchev–Trinajstić information content (AvgIpc) is 3.03. The third-order valence-corrected chi connectivity index (χ3v) is 3.58. The normalized spacial score (nSPS) is 9.81. The first-order valence-electron chi connectivity index (χ1n) is 7.87. The molecule has 8 nitrogen and oxygen atoms in total. The number of aryl methyl sites for hydroxylation is 1. The van der Waals surface area contributed by atoms with Crippen molar-refractivity contribution in [3.05, 3.63) is 47.8 Å². The van der Waals surface area contributed by atoms with Crippen molar-refractivity contribution in [1.29, 1.82) is 0 Å². The summed E-state index contributed by atoms with van der Waals surface area (Å²) in [5.74, 6) is -2.09. The van der Waals surface area contributed by atoms with Crippen LogP contribution >= 0.6 is 0 Å². The first-order valence-corrected chi connectivity index (χ1v) is 7.87. The van der Waals surface area contributed by atoms with Crippen molar-refractivity contribution in [2.24, 2.45) is 7.05 Å². The van der Waals surface area contributed by atoms with Crippen molar-refractivity contribution in [2.75, 3.05) is 20.8 Å². The summed E-state index contributed by atoms with van der Waals surface area (Å²) in [5.41, 5.74) is 2.53. The van der Waals surface area contributed by atoms with E-state index in [0.717, 1.165) is 31.0 Å². The Hall–Kier alpha value is -3.00. The average molecular weight is 364 g/mol. The highest BCUT2D eigenvalue weighted by molar-refractivity contribution is 6.27. The zero-order chi connectivity index (χ0) is 19.5. The minimum Gasteiger partial charge on any atom is -0.493 e. The first-order chi connectivity index (χ1) is 12.4. The summed E-state index contributed by atoms with van der Waals surface area (Å²) in [4.78, 5) is 18.2. The summed E-state index contributed by atoms with van der Waals surface area (Å²) >= 11 is 0. The van der Waals surface area contributed by atoms with Gasteiger partial charge in [-0.3, -0.25) is 0 Å². The third kappa shape index (κ3) is 6.86. The van der Waals surface area contributed by atoms with Gasteiger partial charge in [0.1, 0.15) is 0 Å². The van der Waals surface area contributed by atoms with Crippen LogP contribution in [0.5, 0.6) is 11.5 Å². The molecule has 0 saturated heterocycles. The Labute approximate surface area is 152 Å². The first kappa shape index (κ1) is 21.0. The lowest BCUT2D eigenvalue weighted by atomic mass is 10.1. The van der Waals surface area contributed by atoms with E-state index in [0.29, 0.717) is 0 Å². The van der Waals surface area contributed by atoms with Crippen molar-refractivity contribution in [3.8, 4) is 11.5 Å². The molecule has 0 saturated carbocycles. The molecule has 26 heavy (non-hydrogen) atoms. The highest BCUT2D eigenvalue weighted by atomic mass is 16.5. The van der Waals surface area contributed by atoms with Crippen molar-refractivity contribution >= 4 is 11.9 Å². The largest absolute Gasteiger partial charge is 0.493 e. The second kappa shape index (κ2) is 10.8. The van der Waals surface area contributed by atoms with Gasteiger partial charge in [0.15, 0.2) is 11.5 Å². The Morgan fingerprint density at radius 1 is 1.08 bits per heavy atom. The van der Waals surface area contributed by atoms with Crippen LogP contribution in [0.25, 0.3) is 0 Å². The summed E-state index contributed by atoms with van der Waals surface area (Å²) in [6.45, 7) is 1.82. The van der Waals surface area contributed by atoms with Crippen molar-refractivity contribution in [3.63, 3.8) is 0 Å². The van der Waals surface area contributed by atoms with Gasteiger partial charge in [-0.05, 0) is 42.8 Å². The molecule has 0 aliphatic carbocycles. The number of benzene rings is 1. The number of carboxylic acid groups (broad SMARTS) is 2. The Morgan fingerprint density at radius 2 is 1.73 bits per heavy atom. The SMILES string of the molecule is COc1ccc(CCNCc2cccn2C)cc1OC.O=C(O)C(=O)O. The van der Waals surface area contributed by atoms with Crippen molar-refractivity contribution in [1.82, 2.24) is 9.88 Å². The van der Waals surface area contributed by atoms with Crippen molar-refractivity contribution in [2.45, 2.75) is 13.0 Å². The molecule has 0 spiro atoms. The molecule has 0 amide bonds. The van der Waals surface area contributed by atoms with E-state index in [2.05, 4.69) is 41.3 Å².